The van der Waals surface area contributed by atoms with E-state index in [0.717, 1.165) is 17.1 Å². The van der Waals surface area contributed by atoms with Gasteiger partial charge in [-0.25, -0.2) is 5.43 Å². The van der Waals surface area contributed by atoms with Crippen LogP contribution in [0.25, 0.3) is 5.69 Å². The van der Waals surface area contributed by atoms with Crippen molar-refractivity contribution < 1.29 is 23.5 Å². The molecule has 4 aromatic rings. The van der Waals surface area contributed by atoms with E-state index in [9.17, 15) is 9.59 Å². The third-order valence-electron chi connectivity index (χ3n) is 5.40. The number of furan rings is 1. The first-order chi connectivity index (χ1) is 18.2. The van der Waals surface area contributed by atoms with E-state index in [1.165, 1.54) is 12.3 Å². The van der Waals surface area contributed by atoms with Gasteiger partial charge in [-0.05, 0) is 90.4 Å². The summed E-state index contributed by atoms with van der Waals surface area (Å²) in [5, 5.41) is 4.34. The van der Waals surface area contributed by atoms with Crippen molar-refractivity contribution in [2.24, 2.45) is 10.8 Å². The van der Waals surface area contributed by atoms with Gasteiger partial charge in [-0.15, -0.1) is 0 Å². The molecule has 196 valence electrons. The molecule has 0 saturated heterocycles. The Bertz CT molecular complexity index is 1470. The molecule has 11 heteroatoms. The lowest BCUT2D eigenvalue weighted by Crippen LogP contribution is -2.21. The number of nitrogens with two attached hydrogens (primary N) is 1. The number of hydrogen-bond donors (Lipinski definition) is 2. The molecular formula is C27H24BrClN4O5. The summed E-state index contributed by atoms with van der Waals surface area (Å²) in [7, 11) is 0. The molecule has 0 saturated carbocycles. The highest BCUT2D eigenvalue weighted by Crippen LogP contribution is 2.32. The second-order valence-corrected chi connectivity index (χ2v) is 9.55. The zero-order valence-electron chi connectivity index (χ0n) is 20.5. The zero-order chi connectivity index (χ0) is 27.2. The molecule has 3 N–H and O–H groups in total. The molecule has 0 aliphatic heterocycles. The van der Waals surface area contributed by atoms with Crippen molar-refractivity contribution in [2.45, 2.75) is 20.5 Å². The summed E-state index contributed by atoms with van der Waals surface area (Å²) in [6.07, 6.45) is 1.33. The minimum absolute atomic E-state index is 0.0622. The van der Waals surface area contributed by atoms with Crippen LogP contribution in [0.1, 0.15) is 33.3 Å². The van der Waals surface area contributed by atoms with Gasteiger partial charge in [-0.2, -0.15) is 5.10 Å². The van der Waals surface area contributed by atoms with E-state index in [-0.39, 0.29) is 19.0 Å². The quantitative estimate of drug-likeness (QED) is 0.189. The highest BCUT2D eigenvalue weighted by Gasteiger charge is 2.13. The Kier molecular flexibility index (Phi) is 8.55. The van der Waals surface area contributed by atoms with E-state index in [1.807, 2.05) is 24.3 Å². The number of nitrogens with one attached hydrogen (secondary N) is 1. The van der Waals surface area contributed by atoms with Gasteiger partial charge in [0.05, 0.1) is 10.7 Å². The molecule has 0 aliphatic rings. The van der Waals surface area contributed by atoms with Gasteiger partial charge in [0.15, 0.2) is 12.4 Å². The number of aromatic nitrogens is 1. The van der Waals surface area contributed by atoms with Crippen LogP contribution in [0, 0.1) is 13.8 Å². The number of rotatable bonds is 10. The summed E-state index contributed by atoms with van der Waals surface area (Å²) in [6, 6.07) is 18.2. The predicted molar refractivity (Wildman–Crippen MR) is 147 cm³/mol. The number of aryl methyl sites for hydroxylation is 2. The number of nitrogens with zero attached hydrogens (tertiary/aromatic N) is 2. The highest BCUT2D eigenvalue weighted by molar-refractivity contribution is 9.10. The third kappa shape index (κ3) is 6.64. The second kappa shape index (κ2) is 12.0. The normalized spacial score (nSPS) is 11.1. The summed E-state index contributed by atoms with van der Waals surface area (Å²) in [6.45, 7) is 3.93. The van der Waals surface area contributed by atoms with Crippen molar-refractivity contribution in [3.8, 4) is 17.2 Å². The fourth-order valence-electron chi connectivity index (χ4n) is 3.69. The minimum atomic E-state index is -0.639. The molecule has 0 atom stereocenters. The summed E-state index contributed by atoms with van der Waals surface area (Å²) < 4.78 is 19.5. The largest absolute Gasteiger partial charge is 0.486 e. The Balaban J connectivity index is 1.34. The first-order valence-corrected chi connectivity index (χ1v) is 12.6. The fraction of sp³-hybridized carbons (Fsp3) is 0.148. The number of ether oxygens (including phenoxy) is 2. The van der Waals surface area contributed by atoms with Gasteiger partial charge in [0.25, 0.3) is 5.91 Å². The molecule has 2 amide bonds. The maximum atomic E-state index is 12.5. The maximum absolute atomic E-state index is 12.5. The van der Waals surface area contributed by atoms with Crippen molar-refractivity contribution in [3.63, 3.8) is 0 Å². The van der Waals surface area contributed by atoms with Gasteiger partial charge in [-0.3, -0.25) is 9.59 Å². The van der Waals surface area contributed by atoms with Crippen LogP contribution in [0.5, 0.6) is 11.5 Å². The number of halogens is 2. The van der Waals surface area contributed by atoms with Crippen molar-refractivity contribution in [2.75, 3.05) is 6.61 Å². The molecule has 38 heavy (non-hydrogen) atoms. The average molecular weight is 600 g/mol. The van der Waals surface area contributed by atoms with E-state index in [0.29, 0.717) is 32.3 Å². The molecule has 0 unspecified atom stereocenters. The summed E-state index contributed by atoms with van der Waals surface area (Å²) in [4.78, 5) is 23.5. The Hall–Kier alpha value is -4.02. The van der Waals surface area contributed by atoms with E-state index >= 15 is 0 Å². The molecule has 2 aromatic carbocycles. The monoisotopic (exact) mass is 598 g/mol. The van der Waals surface area contributed by atoms with E-state index in [4.69, 9.17) is 31.2 Å². The lowest BCUT2D eigenvalue weighted by atomic mass is 10.2. The summed E-state index contributed by atoms with van der Waals surface area (Å²) >= 11 is 9.41. The first kappa shape index (κ1) is 27.0. The van der Waals surface area contributed by atoms with Gasteiger partial charge < -0.3 is 24.2 Å². The number of carbonyl (C=O) groups is 2. The molecule has 2 aromatic heterocycles. The molecule has 0 aliphatic carbocycles. The van der Waals surface area contributed by atoms with Crippen molar-refractivity contribution >= 4 is 45.6 Å². The fourth-order valence-corrected chi connectivity index (χ4v) is 4.63. The Morgan fingerprint density at radius 3 is 2.47 bits per heavy atom. The average Bonchev–Trinajstić information content (AvgIpc) is 3.48. The van der Waals surface area contributed by atoms with Gasteiger partial charge in [-0.1, -0.05) is 11.6 Å². The lowest BCUT2D eigenvalue weighted by Gasteiger charge is -2.10. The van der Waals surface area contributed by atoms with Gasteiger partial charge in [0.2, 0.25) is 0 Å². The molecular weight excluding hydrogens is 576 g/mol. The van der Waals surface area contributed by atoms with Crippen LogP contribution >= 0.6 is 27.5 Å². The third-order valence-corrected chi connectivity index (χ3v) is 6.21. The van der Waals surface area contributed by atoms with Crippen LogP contribution in [0.15, 0.2) is 74.7 Å². The van der Waals surface area contributed by atoms with E-state index in [1.54, 1.807) is 18.2 Å². The molecule has 0 fully saturated rings. The van der Waals surface area contributed by atoms with Crippen LogP contribution in [0.3, 0.4) is 0 Å². The Labute approximate surface area is 232 Å². The smallest absolute Gasteiger partial charge is 0.307 e. The van der Waals surface area contributed by atoms with E-state index < -0.39 is 11.8 Å². The topological polar surface area (TPSA) is 121 Å². The predicted octanol–water partition coefficient (Wildman–Crippen LogP) is 5.31. The van der Waals surface area contributed by atoms with Crippen LogP contribution < -0.4 is 20.6 Å². The van der Waals surface area contributed by atoms with E-state index in [2.05, 4.69) is 57.0 Å². The van der Waals surface area contributed by atoms with Crippen LogP contribution in [-0.2, 0) is 11.4 Å². The van der Waals surface area contributed by atoms with Crippen LogP contribution in [-0.4, -0.2) is 29.2 Å². The first-order valence-electron chi connectivity index (χ1n) is 11.4. The molecule has 0 bridgehead atoms. The Morgan fingerprint density at radius 1 is 1.08 bits per heavy atom. The van der Waals surface area contributed by atoms with Crippen molar-refractivity contribution in [3.05, 3.63) is 98.6 Å². The molecule has 4 rings (SSSR count). The minimum Gasteiger partial charge on any atom is -0.486 e. The maximum Gasteiger partial charge on any atom is 0.307 e. The lowest BCUT2D eigenvalue weighted by molar-refractivity contribution is -0.119. The number of carbonyl (C=O) groups excluding carboxylic acids is 2. The van der Waals surface area contributed by atoms with Crippen LogP contribution in [0.4, 0.5) is 0 Å². The number of amides is 2. The van der Waals surface area contributed by atoms with Gasteiger partial charge in [0, 0.05) is 27.7 Å². The van der Waals surface area contributed by atoms with Gasteiger partial charge in [0.1, 0.15) is 23.9 Å². The highest BCUT2D eigenvalue weighted by atomic mass is 79.9. The molecule has 2 heterocycles. The SMILES string of the molecule is Cc1ccc(C)n1-c1ccc(OCc2ccc(C(=O)N/N=C/c3cc(Cl)cc(Br)c3OCC(N)=O)o2)cc1. The number of primary amides is 1. The van der Waals surface area contributed by atoms with Crippen molar-refractivity contribution in [1.82, 2.24) is 9.99 Å². The zero-order valence-corrected chi connectivity index (χ0v) is 22.9. The standard InChI is InChI=1S/C27H24BrClN4O5/c1-16-3-4-17(2)33(16)20-5-7-21(8-6-20)36-14-22-9-10-24(38-22)27(35)32-31-13-18-11-19(29)12-23(28)26(18)37-15-25(30)34/h3-13H,14-15H2,1-2H3,(H2,30,34)(H,32,35)/b31-13+. The molecule has 0 spiro atoms. The van der Waals surface area contributed by atoms with Crippen molar-refractivity contribution in [1.29, 1.82) is 0 Å². The number of benzene rings is 2. The summed E-state index contributed by atoms with van der Waals surface area (Å²) in [5.74, 6) is 0.309. The van der Waals surface area contributed by atoms with Crippen LogP contribution in [0.2, 0.25) is 5.02 Å². The number of hydrogen-bond acceptors (Lipinski definition) is 6. The van der Waals surface area contributed by atoms with Gasteiger partial charge >= 0.3 is 5.91 Å². The molecule has 9 nitrogen and oxygen atoms in total. The second-order valence-electron chi connectivity index (χ2n) is 8.26. The number of hydrazone groups is 1. The molecule has 0 radical (unpaired) electrons. The Morgan fingerprint density at radius 2 is 1.79 bits per heavy atom. The summed E-state index contributed by atoms with van der Waals surface area (Å²) in [5.41, 5.74) is 11.3.